The highest BCUT2D eigenvalue weighted by Gasteiger charge is 2.12. The Morgan fingerprint density at radius 1 is 1.30 bits per heavy atom. The number of hydrogen-bond acceptors (Lipinski definition) is 3. The van der Waals surface area contributed by atoms with Crippen LogP contribution in [0, 0.1) is 0 Å². The van der Waals surface area contributed by atoms with E-state index in [-0.39, 0.29) is 6.04 Å². The second-order valence-corrected chi connectivity index (χ2v) is 5.83. The van der Waals surface area contributed by atoms with Crippen LogP contribution in [0.2, 0.25) is 5.02 Å². The fourth-order valence-corrected chi connectivity index (χ4v) is 2.97. The lowest BCUT2D eigenvalue weighted by atomic mass is 9.99. The molecule has 0 spiro atoms. The van der Waals surface area contributed by atoms with Crippen LogP contribution in [0.3, 0.4) is 0 Å². The fraction of sp³-hybridized carbons (Fsp3) is 0.200. The van der Waals surface area contributed by atoms with E-state index in [1.54, 1.807) is 7.11 Å². The average molecular weight is 356 g/mol. The Bertz CT molecular complexity index is 572. The van der Waals surface area contributed by atoms with Gasteiger partial charge in [-0.2, -0.15) is 0 Å². The van der Waals surface area contributed by atoms with E-state index in [0.717, 1.165) is 27.8 Å². The standard InChI is InChI=1S/C15H16BrClN2O/c1-20-14-4-2-3-10(5-14)6-15(19-18)11-7-12(16)9-13(17)8-11/h2-5,7-9,15,19H,6,18H2,1H3. The molecular weight excluding hydrogens is 340 g/mol. The summed E-state index contributed by atoms with van der Waals surface area (Å²) in [5.41, 5.74) is 5.02. The maximum absolute atomic E-state index is 6.08. The van der Waals surface area contributed by atoms with Gasteiger partial charge in [-0.3, -0.25) is 11.3 Å². The van der Waals surface area contributed by atoms with Gasteiger partial charge < -0.3 is 4.74 Å². The van der Waals surface area contributed by atoms with Crippen molar-refractivity contribution in [3.05, 3.63) is 63.1 Å². The Morgan fingerprint density at radius 2 is 2.10 bits per heavy atom. The summed E-state index contributed by atoms with van der Waals surface area (Å²) < 4.78 is 6.17. The first-order chi connectivity index (χ1) is 9.62. The molecule has 3 N–H and O–H groups in total. The Balaban J connectivity index is 2.23. The zero-order valence-corrected chi connectivity index (χ0v) is 13.4. The molecule has 3 nitrogen and oxygen atoms in total. The van der Waals surface area contributed by atoms with Gasteiger partial charge >= 0.3 is 0 Å². The molecule has 1 atom stereocenters. The van der Waals surface area contributed by atoms with Crippen molar-refractivity contribution in [2.45, 2.75) is 12.5 Å². The number of benzene rings is 2. The quantitative estimate of drug-likeness (QED) is 0.632. The number of rotatable bonds is 5. The van der Waals surface area contributed by atoms with Gasteiger partial charge in [0.05, 0.1) is 13.2 Å². The molecule has 0 aliphatic carbocycles. The van der Waals surface area contributed by atoms with Gasteiger partial charge in [0.15, 0.2) is 0 Å². The molecule has 0 saturated heterocycles. The van der Waals surface area contributed by atoms with Crippen molar-refractivity contribution in [2.24, 2.45) is 5.84 Å². The summed E-state index contributed by atoms with van der Waals surface area (Å²) in [5.74, 6) is 6.52. The van der Waals surface area contributed by atoms with Crippen LogP contribution in [0.5, 0.6) is 5.75 Å². The summed E-state index contributed by atoms with van der Waals surface area (Å²) in [4.78, 5) is 0. The smallest absolute Gasteiger partial charge is 0.119 e. The van der Waals surface area contributed by atoms with Crippen LogP contribution in [0.15, 0.2) is 46.9 Å². The second-order valence-electron chi connectivity index (χ2n) is 4.48. The van der Waals surface area contributed by atoms with Crippen LogP contribution in [-0.2, 0) is 6.42 Å². The number of ether oxygens (including phenoxy) is 1. The SMILES string of the molecule is COc1cccc(CC(NN)c2cc(Cl)cc(Br)c2)c1. The number of hydrazine groups is 1. The molecule has 106 valence electrons. The predicted octanol–water partition coefficient (Wildman–Crippen LogP) is 3.86. The third-order valence-corrected chi connectivity index (χ3v) is 3.74. The Labute approximate surface area is 132 Å². The van der Waals surface area contributed by atoms with Crippen molar-refractivity contribution in [3.63, 3.8) is 0 Å². The highest BCUT2D eigenvalue weighted by Crippen LogP contribution is 2.26. The van der Waals surface area contributed by atoms with Gasteiger partial charge in [-0.25, -0.2) is 0 Å². The summed E-state index contributed by atoms with van der Waals surface area (Å²) in [6.45, 7) is 0. The van der Waals surface area contributed by atoms with Crippen molar-refractivity contribution in [3.8, 4) is 5.75 Å². The summed E-state index contributed by atoms with van der Waals surface area (Å²) in [7, 11) is 1.66. The third-order valence-electron chi connectivity index (χ3n) is 3.06. The van der Waals surface area contributed by atoms with Crippen molar-refractivity contribution >= 4 is 27.5 Å². The molecule has 0 aliphatic heterocycles. The Kier molecular flexibility index (Phi) is 5.43. The minimum absolute atomic E-state index is 0.0166. The average Bonchev–Trinajstić information content (AvgIpc) is 2.44. The zero-order valence-electron chi connectivity index (χ0n) is 11.1. The first-order valence-corrected chi connectivity index (χ1v) is 7.34. The minimum atomic E-state index is -0.0166. The van der Waals surface area contributed by atoms with Crippen molar-refractivity contribution in [2.75, 3.05) is 7.11 Å². The monoisotopic (exact) mass is 354 g/mol. The van der Waals surface area contributed by atoms with E-state index in [1.165, 1.54) is 0 Å². The third kappa shape index (κ3) is 3.96. The number of hydrogen-bond donors (Lipinski definition) is 2. The lowest BCUT2D eigenvalue weighted by Crippen LogP contribution is -2.29. The summed E-state index contributed by atoms with van der Waals surface area (Å²) in [6, 6.07) is 13.7. The van der Waals surface area contributed by atoms with Gasteiger partial charge in [0.25, 0.3) is 0 Å². The van der Waals surface area contributed by atoms with E-state index in [4.69, 9.17) is 22.2 Å². The fourth-order valence-electron chi connectivity index (χ4n) is 2.08. The summed E-state index contributed by atoms with van der Waals surface area (Å²) >= 11 is 9.53. The molecule has 5 heteroatoms. The van der Waals surface area contributed by atoms with Gasteiger partial charge in [-0.15, -0.1) is 0 Å². The van der Waals surface area contributed by atoms with Gasteiger partial charge in [0, 0.05) is 9.50 Å². The predicted molar refractivity (Wildman–Crippen MR) is 85.9 cm³/mol. The lowest BCUT2D eigenvalue weighted by Gasteiger charge is -2.17. The van der Waals surface area contributed by atoms with Gasteiger partial charge in [-0.05, 0) is 47.9 Å². The molecule has 0 aliphatic rings. The highest BCUT2D eigenvalue weighted by molar-refractivity contribution is 9.10. The number of halogens is 2. The van der Waals surface area contributed by atoms with Crippen LogP contribution >= 0.6 is 27.5 Å². The van der Waals surface area contributed by atoms with E-state index in [0.29, 0.717) is 5.02 Å². The lowest BCUT2D eigenvalue weighted by molar-refractivity contribution is 0.414. The second kappa shape index (κ2) is 7.09. The van der Waals surface area contributed by atoms with E-state index in [9.17, 15) is 0 Å². The molecule has 0 aromatic heterocycles. The van der Waals surface area contributed by atoms with Crippen LogP contribution in [0.25, 0.3) is 0 Å². The zero-order chi connectivity index (χ0) is 14.5. The molecule has 0 bridgehead atoms. The van der Waals surface area contributed by atoms with Gasteiger partial charge in [-0.1, -0.05) is 39.7 Å². The molecule has 2 aromatic carbocycles. The maximum Gasteiger partial charge on any atom is 0.119 e. The molecule has 0 radical (unpaired) electrons. The van der Waals surface area contributed by atoms with E-state index >= 15 is 0 Å². The highest BCUT2D eigenvalue weighted by atomic mass is 79.9. The molecule has 20 heavy (non-hydrogen) atoms. The van der Waals surface area contributed by atoms with Gasteiger partial charge in [0.1, 0.15) is 5.75 Å². The Hall–Kier alpha value is -1.07. The number of methoxy groups -OCH3 is 1. The molecule has 0 heterocycles. The summed E-state index contributed by atoms with van der Waals surface area (Å²) in [5, 5.41) is 0.681. The molecule has 0 saturated carbocycles. The summed E-state index contributed by atoms with van der Waals surface area (Å²) in [6.07, 6.45) is 0.750. The number of nitrogens with one attached hydrogen (secondary N) is 1. The number of nitrogens with two attached hydrogens (primary N) is 1. The first-order valence-electron chi connectivity index (χ1n) is 6.17. The Morgan fingerprint density at radius 3 is 2.75 bits per heavy atom. The van der Waals surface area contributed by atoms with Crippen LogP contribution in [0.4, 0.5) is 0 Å². The van der Waals surface area contributed by atoms with Gasteiger partial charge in [0.2, 0.25) is 0 Å². The minimum Gasteiger partial charge on any atom is -0.497 e. The molecule has 1 unspecified atom stereocenters. The van der Waals surface area contributed by atoms with Crippen LogP contribution in [-0.4, -0.2) is 7.11 Å². The van der Waals surface area contributed by atoms with Crippen molar-refractivity contribution < 1.29 is 4.74 Å². The van der Waals surface area contributed by atoms with E-state index in [1.807, 2.05) is 42.5 Å². The van der Waals surface area contributed by atoms with Crippen molar-refractivity contribution in [1.29, 1.82) is 0 Å². The van der Waals surface area contributed by atoms with Crippen LogP contribution in [0.1, 0.15) is 17.2 Å². The normalized spacial score (nSPS) is 12.2. The van der Waals surface area contributed by atoms with Crippen LogP contribution < -0.4 is 16.0 Å². The molecule has 2 aromatic rings. The molecule has 0 amide bonds. The topological polar surface area (TPSA) is 47.3 Å². The van der Waals surface area contributed by atoms with E-state index < -0.39 is 0 Å². The maximum atomic E-state index is 6.08. The molecule has 2 rings (SSSR count). The first kappa shape index (κ1) is 15.3. The van der Waals surface area contributed by atoms with E-state index in [2.05, 4.69) is 21.4 Å². The van der Waals surface area contributed by atoms with Crippen molar-refractivity contribution in [1.82, 2.24) is 5.43 Å². The largest absolute Gasteiger partial charge is 0.497 e. The molecular formula is C15H16BrClN2O. The molecule has 0 fully saturated rings.